The van der Waals surface area contributed by atoms with E-state index >= 15 is 0 Å². The lowest BCUT2D eigenvalue weighted by molar-refractivity contribution is 0.404. The van der Waals surface area contributed by atoms with Gasteiger partial charge in [0.1, 0.15) is 11.5 Å². The van der Waals surface area contributed by atoms with Crippen molar-refractivity contribution >= 4 is 12.4 Å². The van der Waals surface area contributed by atoms with Crippen LogP contribution in [-0.4, -0.2) is 0 Å². The quantitative estimate of drug-likeness (QED) is 0.820. The Bertz CT molecular complexity index is 245. The molecule has 0 radical (unpaired) electrons. The third-order valence-electron chi connectivity index (χ3n) is 1.85. The molecule has 0 aliphatic heterocycles. The smallest absolute Gasteiger partial charge is 0.120 e. The van der Waals surface area contributed by atoms with Gasteiger partial charge in [-0.3, -0.25) is 0 Å². The minimum Gasteiger partial charge on any atom is -0.465 e. The first-order chi connectivity index (χ1) is 5.59. The normalized spacial score (nSPS) is 12.7. The van der Waals surface area contributed by atoms with Crippen molar-refractivity contribution in [1.82, 2.24) is 0 Å². The first-order valence-electron chi connectivity index (χ1n) is 4.41. The standard InChI is InChI=1S/C10H17NO.ClH/c1-7(2)6-9(11)10-5-4-8(3)12-10;/h4-5,7,9H,6,11H2,1-3H3;1H/t9-;/m1./s1. The highest BCUT2D eigenvalue weighted by Gasteiger charge is 2.11. The molecule has 0 fully saturated rings. The fraction of sp³-hybridized carbons (Fsp3) is 0.600. The lowest BCUT2D eigenvalue weighted by Gasteiger charge is -2.10. The molecule has 0 aliphatic carbocycles. The summed E-state index contributed by atoms with van der Waals surface area (Å²) in [6, 6.07) is 3.97. The van der Waals surface area contributed by atoms with E-state index in [1.807, 2.05) is 19.1 Å². The predicted molar refractivity (Wildman–Crippen MR) is 57.1 cm³/mol. The van der Waals surface area contributed by atoms with E-state index in [-0.39, 0.29) is 18.4 Å². The molecule has 1 aromatic heterocycles. The van der Waals surface area contributed by atoms with Gasteiger partial charge in [-0.05, 0) is 31.4 Å². The Hall–Kier alpha value is -0.470. The van der Waals surface area contributed by atoms with Gasteiger partial charge in [-0.25, -0.2) is 0 Å². The summed E-state index contributed by atoms with van der Waals surface area (Å²) in [6.45, 7) is 6.26. The zero-order valence-electron chi connectivity index (χ0n) is 8.41. The molecular weight excluding hydrogens is 186 g/mol. The van der Waals surface area contributed by atoms with Crippen LogP contribution in [0.3, 0.4) is 0 Å². The van der Waals surface area contributed by atoms with Crippen LogP contribution >= 0.6 is 12.4 Å². The number of hydrogen-bond donors (Lipinski definition) is 1. The monoisotopic (exact) mass is 203 g/mol. The molecule has 0 aliphatic rings. The van der Waals surface area contributed by atoms with Crippen LogP contribution in [0.4, 0.5) is 0 Å². The minimum absolute atomic E-state index is 0. The maximum Gasteiger partial charge on any atom is 0.120 e. The molecule has 0 amide bonds. The molecule has 0 saturated heterocycles. The Morgan fingerprint density at radius 2 is 2.00 bits per heavy atom. The minimum atomic E-state index is 0. The van der Waals surface area contributed by atoms with Gasteiger partial charge in [-0.15, -0.1) is 12.4 Å². The van der Waals surface area contributed by atoms with Gasteiger partial charge in [-0.2, -0.15) is 0 Å². The first kappa shape index (κ1) is 12.5. The van der Waals surface area contributed by atoms with Gasteiger partial charge >= 0.3 is 0 Å². The lowest BCUT2D eigenvalue weighted by Crippen LogP contribution is -2.11. The van der Waals surface area contributed by atoms with E-state index in [2.05, 4.69) is 13.8 Å². The molecule has 0 bridgehead atoms. The van der Waals surface area contributed by atoms with Crippen LogP contribution in [0.25, 0.3) is 0 Å². The number of furan rings is 1. The summed E-state index contributed by atoms with van der Waals surface area (Å²) < 4.78 is 5.42. The summed E-state index contributed by atoms with van der Waals surface area (Å²) in [6.07, 6.45) is 0.979. The first-order valence-corrected chi connectivity index (χ1v) is 4.41. The molecule has 2 nitrogen and oxygen atoms in total. The third-order valence-corrected chi connectivity index (χ3v) is 1.85. The van der Waals surface area contributed by atoms with E-state index in [0.717, 1.165) is 17.9 Å². The Balaban J connectivity index is 0.00000144. The van der Waals surface area contributed by atoms with Gasteiger partial charge in [0.2, 0.25) is 0 Å². The highest BCUT2D eigenvalue weighted by atomic mass is 35.5. The van der Waals surface area contributed by atoms with Gasteiger partial charge in [0.25, 0.3) is 0 Å². The second kappa shape index (κ2) is 5.30. The molecule has 3 heteroatoms. The molecule has 13 heavy (non-hydrogen) atoms. The molecule has 1 heterocycles. The van der Waals surface area contributed by atoms with Crippen LogP contribution in [0.2, 0.25) is 0 Å². The maximum atomic E-state index is 5.92. The zero-order valence-corrected chi connectivity index (χ0v) is 9.23. The fourth-order valence-electron chi connectivity index (χ4n) is 1.28. The number of nitrogens with two attached hydrogens (primary N) is 1. The number of halogens is 1. The van der Waals surface area contributed by atoms with E-state index in [4.69, 9.17) is 10.2 Å². The Morgan fingerprint density at radius 1 is 1.38 bits per heavy atom. The SMILES string of the molecule is Cc1ccc([C@H](N)CC(C)C)o1.Cl. The molecule has 1 rings (SSSR count). The highest BCUT2D eigenvalue weighted by molar-refractivity contribution is 5.85. The molecular formula is C10H18ClNO. The van der Waals surface area contributed by atoms with Crippen LogP contribution in [0, 0.1) is 12.8 Å². The largest absolute Gasteiger partial charge is 0.465 e. The summed E-state index contributed by atoms with van der Waals surface area (Å²) in [5.74, 6) is 2.45. The Morgan fingerprint density at radius 3 is 2.38 bits per heavy atom. The summed E-state index contributed by atoms with van der Waals surface area (Å²) in [5.41, 5.74) is 5.92. The van der Waals surface area contributed by atoms with E-state index in [1.54, 1.807) is 0 Å². The fourth-order valence-corrected chi connectivity index (χ4v) is 1.28. The Labute approximate surface area is 85.9 Å². The summed E-state index contributed by atoms with van der Waals surface area (Å²) in [5, 5.41) is 0. The van der Waals surface area contributed by atoms with E-state index < -0.39 is 0 Å². The topological polar surface area (TPSA) is 39.2 Å². The molecule has 0 saturated carbocycles. The average molecular weight is 204 g/mol. The maximum absolute atomic E-state index is 5.92. The summed E-state index contributed by atoms with van der Waals surface area (Å²) in [4.78, 5) is 0. The van der Waals surface area contributed by atoms with E-state index in [9.17, 15) is 0 Å². The van der Waals surface area contributed by atoms with Crippen molar-refractivity contribution in [3.05, 3.63) is 23.7 Å². The van der Waals surface area contributed by atoms with Crippen LogP contribution < -0.4 is 5.73 Å². The number of hydrogen-bond acceptors (Lipinski definition) is 2. The molecule has 1 atom stereocenters. The molecule has 76 valence electrons. The predicted octanol–water partition coefficient (Wildman–Crippen LogP) is 3.06. The molecule has 0 aromatic carbocycles. The Kier molecular flexibility index (Phi) is 5.11. The van der Waals surface area contributed by atoms with Crippen molar-refractivity contribution in [1.29, 1.82) is 0 Å². The zero-order chi connectivity index (χ0) is 9.14. The second-order valence-corrected chi connectivity index (χ2v) is 3.68. The van der Waals surface area contributed by atoms with Gasteiger partial charge in [0.15, 0.2) is 0 Å². The molecule has 1 aromatic rings. The van der Waals surface area contributed by atoms with Gasteiger partial charge < -0.3 is 10.2 Å². The second-order valence-electron chi connectivity index (χ2n) is 3.68. The van der Waals surface area contributed by atoms with Gasteiger partial charge in [0, 0.05) is 0 Å². The van der Waals surface area contributed by atoms with Crippen molar-refractivity contribution in [2.45, 2.75) is 33.2 Å². The average Bonchev–Trinajstić information content (AvgIpc) is 2.34. The summed E-state index contributed by atoms with van der Waals surface area (Å²) >= 11 is 0. The van der Waals surface area contributed by atoms with Gasteiger partial charge in [0.05, 0.1) is 6.04 Å². The van der Waals surface area contributed by atoms with Crippen molar-refractivity contribution in [3.63, 3.8) is 0 Å². The molecule has 0 unspecified atom stereocenters. The van der Waals surface area contributed by atoms with E-state index in [1.165, 1.54) is 0 Å². The lowest BCUT2D eigenvalue weighted by atomic mass is 10.0. The van der Waals surface area contributed by atoms with Crippen LogP contribution in [0.1, 0.15) is 37.8 Å². The molecule has 2 N–H and O–H groups in total. The van der Waals surface area contributed by atoms with Gasteiger partial charge in [-0.1, -0.05) is 13.8 Å². The highest BCUT2D eigenvalue weighted by Crippen LogP contribution is 2.20. The van der Waals surface area contributed by atoms with Crippen molar-refractivity contribution in [2.24, 2.45) is 11.7 Å². The van der Waals surface area contributed by atoms with Crippen LogP contribution in [0.5, 0.6) is 0 Å². The number of rotatable bonds is 3. The third kappa shape index (κ3) is 3.83. The van der Waals surface area contributed by atoms with Crippen LogP contribution in [-0.2, 0) is 0 Å². The van der Waals surface area contributed by atoms with Crippen LogP contribution in [0.15, 0.2) is 16.5 Å². The van der Waals surface area contributed by atoms with E-state index in [0.29, 0.717) is 5.92 Å². The number of aryl methyl sites for hydroxylation is 1. The summed E-state index contributed by atoms with van der Waals surface area (Å²) in [7, 11) is 0. The van der Waals surface area contributed by atoms with Crippen molar-refractivity contribution in [2.75, 3.05) is 0 Å². The molecule has 0 spiro atoms. The van der Waals surface area contributed by atoms with Crippen molar-refractivity contribution < 1.29 is 4.42 Å². The van der Waals surface area contributed by atoms with Crippen molar-refractivity contribution in [3.8, 4) is 0 Å².